The van der Waals surface area contributed by atoms with Gasteiger partial charge in [0.1, 0.15) is 0 Å². The number of unbranched alkanes of at least 4 members (excludes halogenated alkanes) is 2. The molecule has 1 atom stereocenters. The van der Waals surface area contributed by atoms with Crippen molar-refractivity contribution in [3.05, 3.63) is 0 Å². The fourth-order valence-electron chi connectivity index (χ4n) is 2.99. The van der Waals surface area contributed by atoms with Crippen LogP contribution in [0.25, 0.3) is 0 Å². The molecule has 1 aliphatic rings. The van der Waals surface area contributed by atoms with Crippen LogP contribution in [0.5, 0.6) is 0 Å². The van der Waals surface area contributed by atoms with Crippen LogP contribution in [0, 0.1) is 5.41 Å². The quantitative estimate of drug-likeness (QED) is 0.601. The van der Waals surface area contributed by atoms with Gasteiger partial charge in [-0.15, -0.1) is 0 Å². The molecular formula is C15H31NO. The fraction of sp³-hybridized carbons (Fsp3) is 1.00. The van der Waals surface area contributed by atoms with Crippen molar-refractivity contribution in [1.29, 1.82) is 0 Å². The molecule has 1 fully saturated rings. The van der Waals surface area contributed by atoms with E-state index >= 15 is 0 Å². The van der Waals surface area contributed by atoms with Gasteiger partial charge in [-0.3, -0.25) is 4.90 Å². The van der Waals surface area contributed by atoms with Crippen LogP contribution in [0.4, 0.5) is 0 Å². The van der Waals surface area contributed by atoms with E-state index < -0.39 is 0 Å². The molecule has 2 heteroatoms. The number of hydrogen-bond acceptors (Lipinski definition) is 2. The first-order valence-corrected chi connectivity index (χ1v) is 7.50. The molecular weight excluding hydrogens is 210 g/mol. The fourth-order valence-corrected chi connectivity index (χ4v) is 2.99. The van der Waals surface area contributed by atoms with E-state index in [9.17, 15) is 0 Å². The van der Waals surface area contributed by atoms with Gasteiger partial charge < -0.3 is 4.74 Å². The topological polar surface area (TPSA) is 12.5 Å². The average Bonchev–Trinajstić information content (AvgIpc) is 2.31. The first-order valence-electron chi connectivity index (χ1n) is 7.50. The highest BCUT2D eigenvalue weighted by molar-refractivity contribution is 4.79. The van der Waals surface area contributed by atoms with Crippen molar-refractivity contribution in [2.45, 2.75) is 59.3 Å². The molecule has 0 radical (unpaired) electrons. The second kappa shape index (κ2) is 8.10. The van der Waals surface area contributed by atoms with Crippen molar-refractivity contribution in [2.75, 3.05) is 32.8 Å². The van der Waals surface area contributed by atoms with Gasteiger partial charge in [0.25, 0.3) is 0 Å². The predicted molar refractivity (Wildman–Crippen MR) is 74.4 cm³/mol. The van der Waals surface area contributed by atoms with Crippen LogP contribution in [0.15, 0.2) is 0 Å². The van der Waals surface area contributed by atoms with E-state index in [0.29, 0.717) is 5.41 Å². The SMILES string of the molecule is CCCCCC(C)(CCC)CN1CCOCC1. The molecule has 1 unspecified atom stereocenters. The zero-order valence-corrected chi connectivity index (χ0v) is 12.1. The van der Waals surface area contributed by atoms with E-state index in [-0.39, 0.29) is 0 Å². The lowest BCUT2D eigenvalue weighted by Gasteiger charge is -2.37. The Bertz CT molecular complexity index is 189. The Hall–Kier alpha value is -0.0800. The molecule has 0 N–H and O–H groups in total. The summed E-state index contributed by atoms with van der Waals surface area (Å²) in [6.07, 6.45) is 8.20. The summed E-state index contributed by atoms with van der Waals surface area (Å²) >= 11 is 0. The second-order valence-electron chi connectivity index (χ2n) is 5.91. The predicted octanol–water partition coefficient (Wildman–Crippen LogP) is 3.71. The summed E-state index contributed by atoms with van der Waals surface area (Å²) in [5.41, 5.74) is 0.529. The van der Waals surface area contributed by atoms with Crippen molar-refractivity contribution >= 4 is 0 Å². The summed E-state index contributed by atoms with van der Waals surface area (Å²) in [4.78, 5) is 2.60. The van der Waals surface area contributed by atoms with Gasteiger partial charge >= 0.3 is 0 Å². The molecule has 0 spiro atoms. The zero-order chi connectivity index (χ0) is 12.6. The maximum absolute atomic E-state index is 5.43. The van der Waals surface area contributed by atoms with E-state index in [2.05, 4.69) is 25.7 Å². The van der Waals surface area contributed by atoms with Gasteiger partial charge in [-0.05, 0) is 18.3 Å². The van der Waals surface area contributed by atoms with E-state index in [4.69, 9.17) is 4.74 Å². The molecule has 2 nitrogen and oxygen atoms in total. The molecule has 1 aliphatic heterocycles. The molecule has 0 aromatic heterocycles. The maximum Gasteiger partial charge on any atom is 0.0594 e. The smallest absolute Gasteiger partial charge is 0.0594 e. The Labute approximate surface area is 108 Å². The highest BCUT2D eigenvalue weighted by Crippen LogP contribution is 2.31. The van der Waals surface area contributed by atoms with Gasteiger partial charge in [0.2, 0.25) is 0 Å². The lowest BCUT2D eigenvalue weighted by molar-refractivity contribution is 0.0149. The van der Waals surface area contributed by atoms with Crippen LogP contribution in [0.3, 0.4) is 0 Å². The summed E-state index contributed by atoms with van der Waals surface area (Å²) in [7, 11) is 0. The molecule has 1 saturated heterocycles. The minimum atomic E-state index is 0.529. The zero-order valence-electron chi connectivity index (χ0n) is 12.1. The average molecular weight is 241 g/mol. The molecule has 0 amide bonds. The van der Waals surface area contributed by atoms with Crippen molar-refractivity contribution in [1.82, 2.24) is 4.90 Å². The van der Waals surface area contributed by atoms with Crippen molar-refractivity contribution in [3.63, 3.8) is 0 Å². The Morgan fingerprint density at radius 1 is 1.00 bits per heavy atom. The van der Waals surface area contributed by atoms with Crippen LogP contribution in [-0.2, 0) is 4.74 Å². The molecule has 0 bridgehead atoms. The number of ether oxygens (including phenoxy) is 1. The highest BCUT2D eigenvalue weighted by Gasteiger charge is 2.26. The summed E-state index contributed by atoms with van der Waals surface area (Å²) < 4.78 is 5.43. The number of nitrogens with zero attached hydrogens (tertiary/aromatic N) is 1. The molecule has 102 valence electrons. The van der Waals surface area contributed by atoms with Crippen LogP contribution < -0.4 is 0 Å². The third-order valence-corrected chi connectivity index (χ3v) is 3.95. The Balaban J connectivity index is 2.38. The molecule has 17 heavy (non-hydrogen) atoms. The number of rotatable bonds is 8. The van der Waals surface area contributed by atoms with E-state index in [1.54, 1.807) is 0 Å². The highest BCUT2D eigenvalue weighted by atomic mass is 16.5. The summed E-state index contributed by atoms with van der Waals surface area (Å²) in [5.74, 6) is 0. The van der Waals surface area contributed by atoms with Crippen LogP contribution in [0.1, 0.15) is 59.3 Å². The second-order valence-corrected chi connectivity index (χ2v) is 5.91. The Morgan fingerprint density at radius 2 is 1.71 bits per heavy atom. The van der Waals surface area contributed by atoms with Crippen LogP contribution in [0.2, 0.25) is 0 Å². The molecule has 1 heterocycles. The van der Waals surface area contributed by atoms with Crippen LogP contribution in [-0.4, -0.2) is 37.7 Å². The van der Waals surface area contributed by atoms with Gasteiger partial charge in [0, 0.05) is 19.6 Å². The molecule has 0 aliphatic carbocycles. The van der Waals surface area contributed by atoms with E-state index in [1.165, 1.54) is 45.1 Å². The molecule has 0 saturated carbocycles. The largest absolute Gasteiger partial charge is 0.379 e. The first-order chi connectivity index (χ1) is 8.20. The lowest BCUT2D eigenvalue weighted by atomic mass is 9.80. The minimum Gasteiger partial charge on any atom is -0.379 e. The molecule has 1 rings (SSSR count). The van der Waals surface area contributed by atoms with E-state index in [1.807, 2.05) is 0 Å². The lowest BCUT2D eigenvalue weighted by Crippen LogP contribution is -2.42. The Kier molecular flexibility index (Phi) is 7.14. The van der Waals surface area contributed by atoms with Gasteiger partial charge in [-0.25, -0.2) is 0 Å². The number of morpholine rings is 1. The van der Waals surface area contributed by atoms with Crippen molar-refractivity contribution in [3.8, 4) is 0 Å². The van der Waals surface area contributed by atoms with Crippen LogP contribution >= 0.6 is 0 Å². The third kappa shape index (κ3) is 5.87. The van der Waals surface area contributed by atoms with Gasteiger partial charge in [0.15, 0.2) is 0 Å². The van der Waals surface area contributed by atoms with Gasteiger partial charge in [-0.2, -0.15) is 0 Å². The summed E-state index contributed by atoms with van der Waals surface area (Å²) in [5, 5.41) is 0. The minimum absolute atomic E-state index is 0.529. The maximum atomic E-state index is 5.43. The monoisotopic (exact) mass is 241 g/mol. The standard InChI is InChI=1S/C15H31NO/c1-4-6-7-9-15(3,8-5-2)14-16-10-12-17-13-11-16/h4-14H2,1-3H3. The summed E-state index contributed by atoms with van der Waals surface area (Å²) in [6.45, 7) is 12.5. The third-order valence-electron chi connectivity index (χ3n) is 3.95. The van der Waals surface area contributed by atoms with Gasteiger partial charge in [0.05, 0.1) is 13.2 Å². The summed E-state index contributed by atoms with van der Waals surface area (Å²) in [6, 6.07) is 0. The first kappa shape index (κ1) is 15.0. The molecule has 0 aromatic rings. The van der Waals surface area contributed by atoms with E-state index in [0.717, 1.165) is 26.3 Å². The van der Waals surface area contributed by atoms with Crippen molar-refractivity contribution < 1.29 is 4.74 Å². The van der Waals surface area contributed by atoms with Gasteiger partial charge in [-0.1, -0.05) is 46.5 Å². The number of hydrogen-bond donors (Lipinski definition) is 0. The Morgan fingerprint density at radius 3 is 2.29 bits per heavy atom. The normalized spacial score (nSPS) is 21.4. The molecule has 0 aromatic carbocycles. The van der Waals surface area contributed by atoms with Crippen molar-refractivity contribution in [2.24, 2.45) is 5.41 Å².